The largest absolute Gasteiger partial charge is 0.480 e. The summed E-state index contributed by atoms with van der Waals surface area (Å²) in [5.41, 5.74) is 25.4. The first-order chi connectivity index (χ1) is 38.3. The van der Waals surface area contributed by atoms with Crippen LogP contribution >= 0.6 is 0 Å². The van der Waals surface area contributed by atoms with Crippen molar-refractivity contribution in [2.75, 3.05) is 56.1 Å². The number of aromatic nitrogens is 4. The van der Waals surface area contributed by atoms with Crippen molar-refractivity contribution >= 4 is 87.4 Å². The number of Topliss-reactive ketones (excluding diaryl/α,β-unsaturated/α-hetero) is 3. The number of hydrogen-bond donors (Lipinski definition) is 11. The molecular weight excluding hydrogens is 1060 g/mol. The van der Waals surface area contributed by atoms with E-state index in [0.717, 1.165) is 20.8 Å². The van der Waals surface area contributed by atoms with Gasteiger partial charge in [0.1, 0.15) is 17.6 Å². The number of nitrogens with one attached hydrogen (secondary N) is 3. The number of anilines is 3. The molecule has 2 heterocycles. The molecule has 3 aromatic rings. The molecule has 0 aliphatic rings. The second-order valence-electron chi connectivity index (χ2n) is 19.8. The maximum Gasteiger partial charge on any atom is 0.326 e. The highest BCUT2D eigenvalue weighted by molar-refractivity contribution is 5.97. The molecule has 15 N–H and O–H groups in total. The number of carbonyl (C=O) groups is 10. The molecule has 5 atom stereocenters. The molecule has 2 aromatic heterocycles. The average molecular weight is 1140 g/mol. The van der Waals surface area contributed by atoms with Crippen LogP contribution in [0.4, 0.5) is 17.5 Å². The van der Waals surface area contributed by atoms with Crippen molar-refractivity contribution in [3.8, 4) is 0 Å². The molecule has 0 bridgehead atoms. The first-order valence-corrected chi connectivity index (χ1v) is 26.7. The van der Waals surface area contributed by atoms with Gasteiger partial charge in [0.15, 0.2) is 22.8 Å². The van der Waals surface area contributed by atoms with Gasteiger partial charge in [0.25, 0.3) is 5.91 Å². The molecule has 0 saturated carbocycles. The van der Waals surface area contributed by atoms with Crippen LogP contribution in [0.25, 0.3) is 11.2 Å². The number of ketones is 3. The summed E-state index contributed by atoms with van der Waals surface area (Å²) in [7, 11) is 1.79. The number of fused-ring (bicyclic) bond motifs is 1. The number of nitrogens with zero attached hydrogens (tertiary/aromatic N) is 8. The molecule has 446 valence electrons. The van der Waals surface area contributed by atoms with Crippen molar-refractivity contribution in [1.82, 2.24) is 51.1 Å². The van der Waals surface area contributed by atoms with E-state index in [0.29, 0.717) is 58.0 Å². The summed E-state index contributed by atoms with van der Waals surface area (Å²) in [6.07, 6.45) is 1.76. The van der Waals surface area contributed by atoms with Crippen molar-refractivity contribution < 1.29 is 68.7 Å². The Morgan fingerprint density at radius 3 is 1.81 bits per heavy atom. The van der Waals surface area contributed by atoms with E-state index in [-0.39, 0.29) is 132 Å². The van der Waals surface area contributed by atoms with E-state index in [9.17, 15) is 68.7 Å². The van der Waals surface area contributed by atoms with Gasteiger partial charge in [0, 0.05) is 103 Å². The van der Waals surface area contributed by atoms with Crippen LogP contribution in [0.1, 0.15) is 133 Å². The van der Waals surface area contributed by atoms with Crippen LogP contribution in [0, 0.1) is 11.8 Å². The third kappa shape index (κ3) is 23.8. The molecule has 6 amide bonds. The SMILES string of the molecule is CC(=O)N(O)CCC[C@H](CC(=O)[C@H](CCCN(O)C(C)=O)NC(=O)[C@@H](N)CCCN(O)C(C)=O)C(=O)C[C@@H](CCCCN)C(=O)NCCCC(=O)CC[C@@H](NC(=O)c1ccc(N(C)Cc2cnc3nc(N)nc(N)c3n2)cc1)C(=O)O. The standard InChI is InChI=1S/C52H79N15O14/c1-31(68)65(79)24-8-12-35(27-44(73)41(15-10-26-67(81)33(3)70)60-50(76)40(54)14-9-25-66(80)32(2)69)43(72)28-36(11-5-6-22-53)48(74)57-23-7-13-39(71)20-21-42(51(77)78)61-49(75)34-16-18-38(19-17-34)64(4)30-37-29-58-47-45(59-37)46(55)62-52(56)63-47/h16-19,29,35-36,40-42,79-81H,5-15,20-28,30,53-54H2,1-4H3,(H,57,74)(H,60,76)(H,61,75)(H,77,78)(H4,55,56,58,62,63)/t35-,36-,40+,41+,42-/m1/s1. The summed E-state index contributed by atoms with van der Waals surface area (Å²) in [5.74, 6) is -8.60. The summed E-state index contributed by atoms with van der Waals surface area (Å²) in [5, 5.41) is 48.8. The topological polar surface area (TPSA) is 456 Å². The first-order valence-electron chi connectivity index (χ1n) is 26.7. The van der Waals surface area contributed by atoms with Crippen molar-refractivity contribution in [3.05, 3.63) is 41.7 Å². The van der Waals surface area contributed by atoms with E-state index >= 15 is 0 Å². The summed E-state index contributed by atoms with van der Waals surface area (Å²) >= 11 is 0. The molecule has 0 aliphatic carbocycles. The fourth-order valence-corrected chi connectivity index (χ4v) is 8.45. The summed E-state index contributed by atoms with van der Waals surface area (Å²) in [6, 6.07) is 2.53. The van der Waals surface area contributed by atoms with E-state index in [1.807, 2.05) is 4.90 Å². The van der Waals surface area contributed by atoms with Gasteiger partial charge in [-0.25, -0.2) is 30.0 Å². The fourth-order valence-electron chi connectivity index (χ4n) is 8.45. The molecule has 81 heavy (non-hydrogen) atoms. The van der Waals surface area contributed by atoms with Crippen LogP contribution < -0.4 is 43.8 Å². The molecule has 0 radical (unpaired) electrons. The number of carbonyl (C=O) groups excluding carboxylic acids is 9. The number of hydroxylamine groups is 6. The Hall–Kier alpha value is -7.86. The van der Waals surface area contributed by atoms with Gasteiger partial charge < -0.3 is 48.9 Å². The molecule has 0 spiro atoms. The Morgan fingerprint density at radius 2 is 1.22 bits per heavy atom. The Labute approximate surface area is 468 Å². The number of hydrogen-bond acceptors (Lipinski definition) is 22. The number of nitrogens with two attached hydrogens (primary N) is 4. The first kappa shape index (κ1) is 67.4. The van der Waals surface area contributed by atoms with Crippen LogP contribution in [0.15, 0.2) is 30.5 Å². The Kier molecular flexibility index (Phi) is 28.6. The molecule has 0 saturated heterocycles. The smallest absolute Gasteiger partial charge is 0.326 e. The summed E-state index contributed by atoms with van der Waals surface area (Å²) in [4.78, 5) is 147. The van der Waals surface area contributed by atoms with E-state index in [4.69, 9.17) is 22.9 Å². The predicted octanol–water partition coefficient (Wildman–Crippen LogP) is 0.795. The zero-order chi connectivity index (χ0) is 60.3. The molecule has 3 rings (SSSR count). The van der Waals surface area contributed by atoms with Gasteiger partial charge in [-0.15, -0.1) is 0 Å². The van der Waals surface area contributed by atoms with Crippen molar-refractivity contribution in [3.63, 3.8) is 0 Å². The van der Waals surface area contributed by atoms with Crippen LogP contribution in [-0.4, -0.2) is 173 Å². The number of nitrogen functional groups attached to an aromatic ring is 2. The quantitative estimate of drug-likeness (QED) is 0.0215. The normalized spacial score (nSPS) is 13.0. The van der Waals surface area contributed by atoms with Gasteiger partial charge in [0.2, 0.25) is 35.5 Å². The van der Waals surface area contributed by atoms with Gasteiger partial charge in [-0.05, 0) is 95.0 Å². The number of amides is 6. The van der Waals surface area contributed by atoms with Crippen LogP contribution in [0.5, 0.6) is 0 Å². The lowest BCUT2D eigenvalue weighted by Crippen LogP contribution is -2.49. The summed E-state index contributed by atoms with van der Waals surface area (Å²) in [6.45, 7) is 3.51. The third-order valence-electron chi connectivity index (χ3n) is 13.2. The highest BCUT2D eigenvalue weighted by atomic mass is 16.5. The number of carboxylic acids is 1. The van der Waals surface area contributed by atoms with Crippen molar-refractivity contribution in [2.24, 2.45) is 23.3 Å². The lowest BCUT2D eigenvalue weighted by molar-refractivity contribution is -0.163. The van der Waals surface area contributed by atoms with Gasteiger partial charge in [-0.3, -0.25) is 58.8 Å². The second kappa shape index (κ2) is 34.3. The molecule has 0 fully saturated rings. The van der Waals surface area contributed by atoms with Gasteiger partial charge in [-0.2, -0.15) is 9.97 Å². The van der Waals surface area contributed by atoms with Crippen molar-refractivity contribution in [2.45, 2.75) is 142 Å². The Bertz CT molecular complexity index is 2650. The van der Waals surface area contributed by atoms with Crippen LogP contribution in [-0.2, 0) is 49.7 Å². The van der Waals surface area contributed by atoms with Crippen LogP contribution in [0.2, 0.25) is 0 Å². The molecule has 1 aromatic carbocycles. The second-order valence-corrected chi connectivity index (χ2v) is 19.8. The van der Waals surface area contributed by atoms with E-state index in [1.54, 1.807) is 19.2 Å². The molecule has 29 nitrogen and oxygen atoms in total. The number of aliphatic carboxylic acids is 1. The maximum absolute atomic E-state index is 14.2. The van der Waals surface area contributed by atoms with Crippen LogP contribution in [0.3, 0.4) is 0 Å². The molecule has 29 heteroatoms. The predicted molar refractivity (Wildman–Crippen MR) is 292 cm³/mol. The third-order valence-corrected chi connectivity index (χ3v) is 13.2. The van der Waals surface area contributed by atoms with Gasteiger partial charge in [-0.1, -0.05) is 6.42 Å². The Balaban J connectivity index is 1.62. The number of unbranched alkanes of at least 4 members (excludes halogenated alkanes) is 1. The number of carboxylic acid groups (broad SMARTS) is 1. The Morgan fingerprint density at radius 1 is 0.642 bits per heavy atom. The summed E-state index contributed by atoms with van der Waals surface area (Å²) < 4.78 is 0. The monoisotopic (exact) mass is 1140 g/mol. The van der Waals surface area contributed by atoms with Crippen molar-refractivity contribution in [1.29, 1.82) is 0 Å². The fraction of sp³-hybridized carbons (Fsp3) is 0.577. The number of benzene rings is 1. The average Bonchev–Trinajstić information content (AvgIpc) is 3.43. The van der Waals surface area contributed by atoms with E-state index in [1.165, 1.54) is 18.3 Å². The highest BCUT2D eigenvalue weighted by Crippen LogP contribution is 2.24. The number of rotatable bonds is 38. The minimum absolute atomic E-state index is 0.00962. The van der Waals surface area contributed by atoms with E-state index < -0.39 is 89.4 Å². The lowest BCUT2D eigenvalue weighted by Gasteiger charge is -2.25. The minimum Gasteiger partial charge on any atom is -0.480 e. The highest BCUT2D eigenvalue weighted by Gasteiger charge is 2.32. The zero-order valence-electron chi connectivity index (χ0n) is 46.4. The molecule has 0 unspecified atom stereocenters. The van der Waals surface area contributed by atoms with E-state index in [2.05, 4.69) is 35.9 Å². The minimum atomic E-state index is -1.40. The van der Waals surface area contributed by atoms with Gasteiger partial charge in [0.05, 0.1) is 30.5 Å². The lowest BCUT2D eigenvalue weighted by atomic mass is 9.84. The maximum atomic E-state index is 14.2. The van der Waals surface area contributed by atoms with Gasteiger partial charge >= 0.3 is 5.97 Å². The molecular formula is C52H79N15O14. The zero-order valence-corrected chi connectivity index (χ0v) is 46.4. The molecule has 0 aliphatic heterocycles.